The first-order chi connectivity index (χ1) is 7.70. The van der Waals surface area contributed by atoms with Gasteiger partial charge in [-0.2, -0.15) is 0 Å². The number of ether oxygens (including phenoxy) is 1. The van der Waals surface area contributed by atoms with E-state index in [2.05, 4.69) is 4.98 Å². The minimum atomic E-state index is -0.123. The number of nitrogens with zero attached hydrogens (tertiary/aromatic N) is 1. The summed E-state index contributed by atoms with van der Waals surface area (Å²) >= 11 is 0. The molecule has 16 heavy (non-hydrogen) atoms. The molecule has 0 spiro atoms. The lowest BCUT2D eigenvalue weighted by atomic mass is 10.1. The van der Waals surface area contributed by atoms with E-state index in [9.17, 15) is 4.79 Å². The highest BCUT2D eigenvalue weighted by molar-refractivity contribution is 5.70. The molecule has 0 saturated heterocycles. The minimum absolute atomic E-state index is 0.0337. The summed E-state index contributed by atoms with van der Waals surface area (Å²) in [6.45, 7) is 2.25. The van der Waals surface area contributed by atoms with Crippen LogP contribution in [-0.4, -0.2) is 22.7 Å². The van der Waals surface area contributed by atoms with E-state index in [0.717, 1.165) is 12.0 Å². The molecule has 1 aliphatic carbocycles. The van der Waals surface area contributed by atoms with E-state index < -0.39 is 0 Å². The third-order valence-electron chi connectivity index (χ3n) is 2.86. The minimum Gasteiger partial charge on any atom is -0.493 e. The molecule has 2 unspecified atom stereocenters. The Morgan fingerprint density at radius 3 is 3.06 bits per heavy atom. The largest absolute Gasteiger partial charge is 0.493 e. The maximum absolute atomic E-state index is 11.2. The SMILES string of the molecule is CCOC(=O)CC1CC1c1ccc(O)nc1. The van der Waals surface area contributed by atoms with Crippen molar-refractivity contribution in [1.29, 1.82) is 0 Å². The van der Waals surface area contributed by atoms with E-state index in [-0.39, 0.29) is 11.8 Å². The van der Waals surface area contributed by atoms with Gasteiger partial charge in [-0.25, -0.2) is 4.98 Å². The summed E-state index contributed by atoms with van der Waals surface area (Å²) in [6.07, 6.45) is 3.16. The van der Waals surface area contributed by atoms with Gasteiger partial charge in [0.2, 0.25) is 5.88 Å². The van der Waals surface area contributed by atoms with Crippen molar-refractivity contribution in [2.45, 2.75) is 25.7 Å². The van der Waals surface area contributed by atoms with Gasteiger partial charge in [0.15, 0.2) is 0 Å². The molecule has 2 rings (SSSR count). The molecule has 1 N–H and O–H groups in total. The molecular weight excluding hydrogens is 206 g/mol. The lowest BCUT2D eigenvalue weighted by Gasteiger charge is -2.01. The van der Waals surface area contributed by atoms with Crippen LogP contribution in [0.3, 0.4) is 0 Å². The van der Waals surface area contributed by atoms with Crippen LogP contribution in [0.15, 0.2) is 18.3 Å². The number of aromatic nitrogens is 1. The summed E-state index contributed by atoms with van der Waals surface area (Å²) < 4.78 is 4.90. The number of carbonyl (C=O) groups excluding carboxylic acids is 1. The molecule has 1 saturated carbocycles. The van der Waals surface area contributed by atoms with Crippen LogP contribution in [0.25, 0.3) is 0 Å². The van der Waals surface area contributed by atoms with E-state index in [1.165, 1.54) is 0 Å². The summed E-state index contributed by atoms with van der Waals surface area (Å²) in [4.78, 5) is 15.1. The number of carbonyl (C=O) groups is 1. The fourth-order valence-electron chi connectivity index (χ4n) is 1.93. The van der Waals surface area contributed by atoms with Gasteiger partial charge in [0, 0.05) is 18.7 Å². The van der Waals surface area contributed by atoms with Gasteiger partial charge < -0.3 is 9.84 Å². The van der Waals surface area contributed by atoms with Crippen LogP contribution >= 0.6 is 0 Å². The summed E-state index contributed by atoms with van der Waals surface area (Å²) in [5.41, 5.74) is 1.09. The number of pyridine rings is 1. The molecular formula is C12H15NO3. The second kappa shape index (κ2) is 4.51. The zero-order valence-electron chi connectivity index (χ0n) is 9.22. The highest BCUT2D eigenvalue weighted by atomic mass is 16.5. The molecule has 86 valence electrons. The Morgan fingerprint density at radius 1 is 1.62 bits per heavy atom. The van der Waals surface area contributed by atoms with Crippen molar-refractivity contribution >= 4 is 5.97 Å². The number of esters is 1. The molecule has 0 amide bonds. The summed E-state index contributed by atoms with van der Waals surface area (Å²) in [5, 5.41) is 9.05. The van der Waals surface area contributed by atoms with Gasteiger partial charge in [-0.05, 0) is 30.7 Å². The van der Waals surface area contributed by atoms with Crippen molar-refractivity contribution in [1.82, 2.24) is 4.98 Å². The Balaban J connectivity index is 1.87. The first-order valence-corrected chi connectivity index (χ1v) is 5.51. The maximum atomic E-state index is 11.2. The van der Waals surface area contributed by atoms with Crippen LogP contribution in [0, 0.1) is 5.92 Å². The van der Waals surface area contributed by atoms with Crippen LogP contribution in [0.5, 0.6) is 5.88 Å². The van der Waals surface area contributed by atoms with E-state index in [4.69, 9.17) is 9.84 Å². The van der Waals surface area contributed by atoms with Crippen molar-refractivity contribution in [2.75, 3.05) is 6.61 Å². The lowest BCUT2D eigenvalue weighted by Crippen LogP contribution is -2.04. The first kappa shape index (κ1) is 10.9. The van der Waals surface area contributed by atoms with Crippen LogP contribution in [0.2, 0.25) is 0 Å². The number of hydrogen-bond donors (Lipinski definition) is 1. The molecule has 4 nitrogen and oxygen atoms in total. The normalized spacial score (nSPS) is 22.8. The molecule has 4 heteroatoms. The van der Waals surface area contributed by atoms with Gasteiger partial charge in [0.05, 0.1) is 6.61 Å². The van der Waals surface area contributed by atoms with Crippen molar-refractivity contribution < 1.29 is 14.6 Å². The zero-order valence-corrected chi connectivity index (χ0v) is 9.22. The van der Waals surface area contributed by atoms with Gasteiger partial charge in [-0.1, -0.05) is 6.07 Å². The number of aromatic hydroxyl groups is 1. The Labute approximate surface area is 94.3 Å². The van der Waals surface area contributed by atoms with Gasteiger partial charge in [0.25, 0.3) is 0 Å². The van der Waals surface area contributed by atoms with Crippen molar-refractivity contribution in [2.24, 2.45) is 5.92 Å². The Bertz CT molecular complexity index is 374. The smallest absolute Gasteiger partial charge is 0.306 e. The number of hydrogen-bond acceptors (Lipinski definition) is 4. The molecule has 0 bridgehead atoms. The first-order valence-electron chi connectivity index (χ1n) is 5.51. The average molecular weight is 221 g/mol. The third kappa shape index (κ3) is 2.51. The van der Waals surface area contributed by atoms with Crippen LogP contribution in [0.4, 0.5) is 0 Å². The molecule has 1 aromatic heterocycles. The average Bonchev–Trinajstić information content (AvgIpc) is 2.98. The van der Waals surface area contributed by atoms with E-state index in [0.29, 0.717) is 24.9 Å². The van der Waals surface area contributed by atoms with Crippen molar-refractivity contribution in [3.8, 4) is 5.88 Å². The highest BCUT2D eigenvalue weighted by Crippen LogP contribution is 2.49. The Hall–Kier alpha value is -1.58. The van der Waals surface area contributed by atoms with E-state index in [1.54, 1.807) is 12.3 Å². The molecule has 1 aromatic rings. The fraction of sp³-hybridized carbons (Fsp3) is 0.500. The van der Waals surface area contributed by atoms with Gasteiger partial charge in [-0.3, -0.25) is 4.79 Å². The fourth-order valence-corrected chi connectivity index (χ4v) is 1.93. The Kier molecular flexibility index (Phi) is 3.08. The molecule has 0 aromatic carbocycles. The second-order valence-corrected chi connectivity index (χ2v) is 4.06. The van der Waals surface area contributed by atoms with Crippen LogP contribution < -0.4 is 0 Å². The van der Waals surface area contributed by atoms with Crippen molar-refractivity contribution in [3.63, 3.8) is 0 Å². The lowest BCUT2D eigenvalue weighted by molar-refractivity contribution is -0.143. The molecule has 1 fully saturated rings. The summed E-state index contributed by atoms with van der Waals surface area (Å²) in [5.74, 6) is 0.691. The van der Waals surface area contributed by atoms with Gasteiger partial charge in [-0.15, -0.1) is 0 Å². The molecule has 0 aliphatic heterocycles. The number of rotatable bonds is 4. The maximum Gasteiger partial charge on any atom is 0.306 e. The quantitative estimate of drug-likeness (QED) is 0.788. The van der Waals surface area contributed by atoms with E-state index >= 15 is 0 Å². The summed E-state index contributed by atoms with van der Waals surface area (Å²) in [7, 11) is 0. The predicted octanol–water partition coefficient (Wildman–Crippen LogP) is 1.84. The molecule has 1 aliphatic rings. The standard InChI is InChI=1S/C12H15NO3/c1-2-16-12(15)6-9-5-10(9)8-3-4-11(14)13-7-8/h3-4,7,9-10H,2,5-6H2,1H3,(H,13,14). The molecule has 1 heterocycles. The van der Waals surface area contributed by atoms with Crippen LogP contribution in [-0.2, 0) is 9.53 Å². The third-order valence-corrected chi connectivity index (χ3v) is 2.86. The van der Waals surface area contributed by atoms with Crippen LogP contribution in [0.1, 0.15) is 31.2 Å². The monoisotopic (exact) mass is 221 g/mol. The highest BCUT2D eigenvalue weighted by Gasteiger charge is 2.40. The predicted molar refractivity (Wildman–Crippen MR) is 58.0 cm³/mol. The zero-order chi connectivity index (χ0) is 11.5. The van der Waals surface area contributed by atoms with Gasteiger partial charge in [0.1, 0.15) is 0 Å². The summed E-state index contributed by atoms with van der Waals surface area (Å²) in [6, 6.07) is 3.44. The van der Waals surface area contributed by atoms with Crippen molar-refractivity contribution in [3.05, 3.63) is 23.9 Å². The topological polar surface area (TPSA) is 59.4 Å². The molecule has 0 radical (unpaired) electrons. The Morgan fingerprint density at radius 2 is 2.44 bits per heavy atom. The van der Waals surface area contributed by atoms with Gasteiger partial charge >= 0.3 is 5.97 Å². The molecule has 2 atom stereocenters. The second-order valence-electron chi connectivity index (χ2n) is 4.06. The van der Waals surface area contributed by atoms with E-state index in [1.807, 2.05) is 13.0 Å².